The normalized spacial score (nSPS) is 11.0. The van der Waals surface area contributed by atoms with Crippen LogP contribution in [0.3, 0.4) is 0 Å². The highest BCUT2D eigenvalue weighted by Crippen LogP contribution is 2.36. The molecule has 6 heteroatoms. The van der Waals surface area contributed by atoms with E-state index in [-0.39, 0.29) is 11.7 Å². The molecule has 2 aromatic heterocycles. The van der Waals surface area contributed by atoms with E-state index in [0.717, 1.165) is 15.5 Å². The van der Waals surface area contributed by atoms with E-state index in [1.807, 2.05) is 23.6 Å². The fourth-order valence-corrected chi connectivity index (χ4v) is 3.85. The van der Waals surface area contributed by atoms with Gasteiger partial charge in [0.2, 0.25) is 0 Å². The molecule has 130 valence electrons. The van der Waals surface area contributed by atoms with Crippen molar-refractivity contribution in [2.45, 2.75) is 0 Å². The predicted octanol–water partition coefficient (Wildman–Crippen LogP) is 5.03. The number of rotatable bonds is 3. The van der Waals surface area contributed by atoms with Gasteiger partial charge in [-0.25, -0.2) is 9.37 Å². The number of nitrogens with zero attached hydrogens (tertiary/aromatic N) is 2. The minimum atomic E-state index is -0.351. The number of hydrogen-bond acceptors (Lipinski definition) is 4. The molecule has 26 heavy (non-hydrogen) atoms. The van der Waals surface area contributed by atoms with Gasteiger partial charge in [0.25, 0.3) is 5.91 Å². The Labute approximate surface area is 153 Å². The van der Waals surface area contributed by atoms with E-state index in [9.17, 15) is 9.18 Å². The van der Waals surface area contributed by atoms with Gasteiger partial charge >= 0.3 is 0 Å². The Morgan fingerprint density at radius 2 is 1.88 bits per heavy atom. The third-order valence-electron chi connectivity index (χ3n) is 4.19. The molecule has 2 heterocycles. The van der Waals surface area contributed by atoms with Crippen LogP contribution in [0.2, 0.25) is 0 Å². The van der Waals surface area contributed by atoms with Gasteiger partial charge in [-0.2, -0.15) is 0 Å². The number of nitrogens with one attached hydrogen (secondary N) is 1. The minimum Gasteiger partial charge on any atom is -0.345 e. The van der Waals surface area contributed by atoms with Gasteiger partial charge < -0.3 is 10.2 Å². The van der Waals surface area contributed by atoms with Gasteiger partial charge in [-0.3, -0.25) is 4.79 Å². The van der Waals surface area contributed by atoms with Crippen LogP contribution in [-0.4, -0.2) is 29.9 Å². The SMILES string of the molecule is CN(C)C(=O)c1cccc2c1nc(Nc1ccccc1F)c1ccsc12. The topological polar surface area (TPSA) is 45.2 Å². The fourth-order valence-electron chi connectivity index (χ4n) is 2.92. The van der Waals surface area contributed by atoms with Crippen molar-refractivity contribution in [3.8, 4) is 0 Å². The van der Waals surface area contributed by atoms with E-state index < -0.39 is 0 Å². The molecule has 1 amide bonds. The van der Waals surface area contributed by atoms with Gasteiger partial charge in [0, 0.05) is 29.6 Å². The van der Waals surface area contributed by atoms with Gasteiger partial charge in [0.05, 0.1) is 16.8 Å². The number of thiophene rings is 1. The molecule has 1 N–H and O–H groups in total. The van der Waals surface area contributed by atoms with E-state index in [1.165, 1.54) is 11.0 Å². The average Bonchev–Trinajstić information content (AvgIpc) is 3.13. The van der Waals surface area contributed by atoms with Crippen LogP contribution in [0.4, 0.5) is 15.9 Å². The highest BCUT2D eigenvalue weighted by molar-refractivity contribution is 7.18. The number of pyridine rings is 1. The lowest BCUT2D eigenvalue weighted by molar-refractivity contribution is 0.0829. The van der Waals surface area contributed by atoms with Crippen molar-refractivity contribution in [3.63, 3.8) is 0 Å². The molecule has 0 fully saturated rings. The van der Waals surface area contributed by atoms with Crippen molar-refractivity contribution in [1.82, 2.24) is 9.88 Å². The molecule has 0 radical (unpaired) electrons. The smallest absolute Gasteiger partial charge is 0.255 e. The van der Waals surface area contributed by atoms with Crippen molar-refractivity contribution in [2.75, 3.05) is 19.4 Å². The number of benzene rings is 2. The first-order valence-corrected chi connectivity index (χ1v) is 8.97. The number of hydrogen-bond donors (Lipinski definition) is 1. The summed E-state index contributed by atoms with van der Waals surface area (Å²) in [5.41, 5.74) is 1.49. The maximum absolute atomic E-state index is 14.1. The zero-order valence-electron chi connectivity index (χ0n) is 14.3. The molecule has 0 saturated carbocycles. The molecule has 4 nitrogen and oxygen atoms in total. The molecule has 0 aliphatic rings. The molecule has 0 saturated heterocycles. The lowest BCUT2D eigenvalue weighted by Gasteiger charge is -2.14. The van der Waals surface area contributed by atoms with Crippen LogP contribution in [0.15, 0.2) is 53.9 Å². The van der Waals surface area contributed by atoms with Crippen molar-refractivity contribution in [3.05, 3.63) is 65.3 Å². The van der Waals surface area contributed by atoms with Crippen LogP contribution in [0.1, 0.15) is 10.4 Å². The van der Waals surface area contributed by atoms with Crippen LogP contribution in [0.25, 0.3) is 21.0 Å². The summed E-state index contributed by atoms with van der Waals surface area (Å²) in [5, 5.41) is 6.88. The second kappa shape index (κ2) is 6.38. The summed E-state index contributed by atoms with van der Waals surface area (Å²) in [6, 6.07) is 14.0. The third-order valence-corrected chi connectivity index (χ3v) is 5.14. The summed E-state index contributed by atoms with van der Waals surface area (Å²) >= 11 is 1.58. The Hall–Kier alpha value is -2.99. The van der Waals surface area contributed by atoms with Crippen molar-refractivity contribution in [1.29, 1.82) is 0 Å². The number of carbonyl (C=O) groups is 1. The first-order chi connectivity index (χ1) is 12.6. The van der Waals surface area contributed by atoms with Crippen LogP contribution < -0.4 is 5.32 Å². The number of amides is 1. The molecule has 0 aliphatic carbocycles. The zero-order chi connectivity index (χ0) is 18.3. The summed E-state index contributed by atoms with van der Waals surface area (Å²) in [4.78, 5) is 18.8. The Morgan fingerprint density at radius 3 is 2.65 bits per heavy atom. The minimum absolute atomic E-state index is 0.115. The van der Waals surface area contributed by atoms with Crippen molar-refractivity contribution < 1.29 is 9.18 Å². The van der Waals surface area contributed by atoms with E-state index in [2.05, 4.69) is 5.32 Å². The predicted molar refractivity (Wildman–Crippen MR) is 105 cm³/mol. The van der Waals surface area contributed by atoms with Gasteiger partial charge in [0.1, 0.15) is 11.6 Å². The largest absolute Gasteiger partial charge is 0.345 e. The first kappa shape index (κ1) is 16.5. The molecule has 0 unspecified atom stereocenters. The van der Waals surface area contributed by atoms with Gasteiger partial charge in [-0.1, -0.05) is 24.3 Å². The van der Waals surface area contributed by atoms with Crippen molar-refractivity contribution >= 4 is 49.7 Å². The summed E-state index contributed by atoms with van der Waals surface area (Å²) < 4.78 is 15.1. The molecule has 4 aromatic rings. The average molecular weight is 365 g/mol. The monoisotopic (exact) mass is 365 g/mol. The number of para-hydroxylation sites is 2. The van der Waals surface area contributed by atoms with Crippen LogP contribution in [0.5, 0.6) is 0 Å². The number of anilines is 2. The van der Waals surface area contributed by atoms with Crippen molar-refractivity contribution in [2.24, 2.45) is 0 Å². The highest BCUT2D eigenvalue weighted by atomic mass is 32.1. The summed E-state index contributed by atoms with van der Waals surface area (Å²) in [6.45, 7) is 0. The Balaban J connectivity index is 1.97. The quantitative estimate of drug-likeness (QED) is 0.554. The van der Waals surface area contributed by atoms with Gasteiger partial charge in [0.15, 0.2) is 0 Å². The summed E-state index contributed by atoms with van der Waals surface area (Å²) in [7, 11) is 3.42. The lowest BCUT2D eigenvalue weighted by atomic mass is 10.1. The molecule has 0 aliphatic heterocycles. The first-order valence-electron chi connectivity index (χ1n) is 8.09. The summed E-state index contributed by atoms with van der Waals surface area (Å²) in [5.74, 6) is 0.0733. The number of fused-ring (bicyclic) bond motifs is 3. The summed E-state index contributed by atoms with van der Waals surface area (Å²) in [6.07, 6.45) is 0. The second-order valence-corrected chi connectivity index (χ2v) is 7.05. The molecule has 4 rings (SSSR count). The second-order valence-electron chi connectivity index (χ2n) is 6.13. The maximum Gasteiger partial charge on any atom is 0.255 e. The fraction of sp³-hybridized carbons (Fsp3) is 0.100. The highest BCUT2D eigenvalue weighted by Gasteiger charge is 2.17. The molecule has 0 spiro atoms. The molecule has 0 bridgehead atoms. The van der Waals surface area contributed by atoms with Gasteiger partial charge in [-0.15, -0.1) is 11.3 Å². The Bertz CT molecular complexity index is 1140. The number of aromatic nitrogens is 1. The zero-order valence-corrected chi connectivity index (χ0v) is 15.1. The van der Waals surface area contributed by atoms with Crippen LogP contribution in [0, 0.1) is 5.82 Å². The van der Waals surface area contributed by atoms with E-state index in [0.29, 0.717) is 22.6 Å². The standard InChI is InChI=1S/C20H16FN3OS/c1-24(2)20(25)13-7-5-6-12-17(13)23-19(14-10-11-26-18(12)14)22-16-9-4-3-8-15(16)21/h3-11H,1-2H3,(H,22,23). The molecular formula is C20H16FN3OS. The van der Waals surface area contributed by atoms with E-state index >= 15 is 0 Å². The van der Waals surface area contributed by atoms with Crippen LogP contribution in [-0.2, 0) is 0 Å². The lowest BCUT2D eigenvalue weighted by Crippen LogP contribution is -2.22. The number of halogens is 1. The molecule has 2 aromatic carbocycles. The number of carbonyl (C=O) groups excluding carboxylic acids is 1. The third kappa shape index (κ3) is 2.68. The van der Waals surface area contributed by atoms with Crippen LogP contribution >= 0.6 is 11.3 Å². The Kier molecular flexibility index (Phi) is 4.05. The van der Waals surface area contributed by atoms with E-state index in [4.69, 9.17) is 4.98 Å². The molecular weight excluding hydrogens is 349 g/mol. The van der Waals surface area contributed by atoms with Gasteiger partial charge in [-0.05, 0) is 29.6 Å². The van der Waals surface area contributed by atoms with E-state index in [1.54, 1.807) is 49.7 Å². The molecule has 0 atom stereocenters. The maximum atomic E-state index is 14.1. The Morgan fingerprint density at radius 1 is 1.08 bits per heavy atom.